The average Bonchev–Trinajstić information content (AvgIpc) is 2.79. The van der Waals surface area contributed by atoms with Crippen molar-refractivity contribution in [2.75, 3.05) is 12.8 Å². The molecule has 6 nitrogen and oxygen atoms in total. The van der Waals surface area contributed by atoms with Crippen LogP contribution in [0.4, 0.5) is 5.69 Å². The summed E-state index contributed by atoms with van der Waals surface area (Å²) < 4.78 is 1.31. The fourth-order valence-electron chi connectivity index (χ4n) is 1.74. The minimum absolute atomic E-state index is 0.0157. The zero-order chi connectivity index (χ0) is 14.7. The zero-order valence-electron chi connectivity index (χ0n) is 11.4. The number of carbonyl (C=O) groups is 1. The lowest BCUT2D eigenvalue weighted by Crippen LogP contribution is -2.33. The van der Waals surface area contributed by atoms with Crippen molar-refractivity contribution in [2.24, 2.45) is 0 Å². The molecule has 2 heterocycles. The topological polar surface area (TPSA) is 81.2 Å². The number of likely N-dealkylation sites (N-methyl/N-ethyl adjacent to an activating group) is 1. The predicted octanol–water partition coefficient (Wildman–Crippen LogP) is 0.854. The average molecular weight is 292 g/mol. The number of anilines is 1. The van der Waals surface area contributed by atoms with Crippen LogP contribution in [0, 0.1) is 6.92 Å². The Kier molecular flexibility index (Phi) is 4.19. The smallest absolute Gasteiger partial charge is 0.251 e. The molecule has 0 aliphatic carbocycles. The van der Waals surface area contributed by atoms with E-state index < -0.39 is 0 Å². The molecule has 0 bridgehead atoms. The van der Waals surface area contributed by atoms with Gasteiger partial charge < -0.3 is 15.2 Å². The van der Waals surface area contributed by atoms with Gasteiger partial charge in [0.2, 0.25) is 5.91 Å². The van der Waals surface area contributed by atoms with Crippen molar-refractivity contribution in [1.29, 1.82) is 0 Å². The highest BCUT2D eigenvalue weighted by molar-refractivity contribution is 7.11. The first-order chi connectivity index (χ1) is 9.45. The van der Waals surface area contributed by atoms with Gasteiger partial charge in [0.1, 0.15) is 6.54 Å². The predicted molar refractivity (Wildman–Crippen MR) is 78.4 cm³/mol. The Morgan fingerprint density at radius 2 is 2.25 bits per heavy atom. The molecule has 0 aromatic carbocycles. The monoisotopic (exact) mass is 292 g/mol. The summed E-state index contributed by atoms with van der Waals surface area (Å²) in [5.74, 6) is -0.149. The molecule has 0 fully saturated rings. The number of aromatic nitrogens is 2. The van der Waals surface area contributed by atoms with Crippen LogP contribution in [0.25, 0.3) is 0 Å². The molecule has 0 radical (unpaired) electrons. The number of rotatable bonds is 4. The summed E-state index contributed by atoms with van der Waals surface area (Å²) in [5, 5.41) is 0.966. The number of thiazole rings is 1. The van der Waals surface area contributed by atoms with E-state index in [2.05, 4.69) is 4.98 Å². The summed E-state index contributed by atoms with van der Waals surface area (Å²) in [6.45, 7) is 2.39. The van der Waals surface area contributed by atoms with Gasteiger partial charge in [-0.15, -0.1) is 11.3 Å². The second-order valence-corrected chi connectivity index (χ2v) is 5.84. The fourth-order valence-corrected chi connectivity index (χ4v) is 2.59. The molecule has 0 saturated heterocycles. The molecule has 0 unspecified atom stereocenters. The van der Waals surface area contributed by atoms with E-state index in [0.29, 0.717) is 12.2 Å². The van der Waals surface area contributed by atoms with E-state index in [1.807, 2.05) is 6.92 Å². The number of hydrogen-bond acceptors (Lipinski definition) is 5. The van der Waals surface area contributed by atoms with E-state index in [0.717, 1.165) is 9.88 Å². The molecule has 0 saturated carbocycles. The maximum absolute atomic E-state index is 12.1. The Bertz CT molecular complexity index is 677. The molecular formula is C13H16N4O2S. The number of pyridine rings is 1. The second-order valence-electron chi connectivity index (χ2n) is 4.52. The Hall–Kier alpha value is -2.15. The van der Waals surface area contributed by atoms with Gasteiger partial charge in [0, 0.05) is 36.1 Å². The number of amides is 1. The van der Waals surface area contributed by atoms with Gasteiger partial charge in [0.05, 0.1) is 11.6 Å². The van der Waals surface area contributed by atoms with Crippen molar-refractivity contribution < 1.29 is 4.79 Å². The maximum Gasteiger partial charge on any atom is 0.251 e. The molecule has 106 valence electrons. The number of nitrogen functional groups attached to an aromatic ring is 1. The van der Waals surface area contributed by atoms with Crippen molar-refractivity contribution >= 4 is 22.9 Å². The van der Waals surface area contributed by atoms with Gasteiger partial charge in [-0.25, -0.2) is 4.98 Å². The van der Waals surface area contributed by atoms with Crippen LogP contribution in [0.5, 0.6) is 0 Å². The van der Waals surface area contributed by atoms with Crippen LogP contribution >= 0.6 is 11.3 Å². The number of nitrogens with zero attached hydrogens (tertiary/aromatic N) is 3. The largest absolute Gasteiger partial charge is 0.398 e. The van der Waals surface area contributed by atoms with Crippen LogP contribution in [-0.4, -0.2) is 27.4 Å². The van der Waals surface area contributed by atoms with E-state index in [1.165, 1.54) is 22.9 Å². The third-order valence-corrected chi connectivity index (χ3v) is 3.70. The first kappa shape index (κ1) is 14.3. The molecule has 20 heavy (non-hydrogen) atoms. The third-order valence-electron chi connectivity index (χ3n) is 2.80. The highest BCUT2D eigenvalue weighted by Gasteiger charge is 2.12. The van der Waals surface area contributed by atoms with Crippen molar-refractivity contribution in [2.45, 2.75) is 20.0 Å². The van der Waals surface area contributed by atoms with E-state index in [-0.39, 0.29) is 18.0 Å². The van der Waals surface area contributed by atoms with Crippen molar-refractivity contribution in [1.82, 2.24) is 14.5 Å². The van der Waals surface area contributed by atoms with Crippen LogP contribution in [-0.2, 0) is 17.9 Å². The Morgan fingerprint density at radius 3 is 2.90 bits per heavy atom. The molecule has 0 spiro atoms. The molecule has 0 atom stereocenters. The SMILES string of the molecule is Cc1ncc(CN(C)C(=O)Cn2cc(N)ccc2=O)s1. The van der Waals surface area contributed by atoms with Crippen molar-refractivity contribution in [3.8, 4) is 0 Å². The summed E-state index contributed by atoms with van der Waals surface area (Å²) in [7, 11) is 1.70. The lowest BCUT2D eigenvalue weighted by Gasteiger charge is -2.16. The van der Waals surface area contributed by atoms with Gasteiger partial charge in [-0.05, 0) is 13.0 Å². The van der Waals surface area contributed by atoms with Crippen LogP contribution in [0.1, 0.15) is 9.88 Å². The standard InChI is InChI=1S/C13H16N4O2S/c1-9-15-5-11(20-9)7-16(2)13(19)8-17-6-10(14)3-4-12(17)18/h3-6H,7-8,14H2,1-2H3. The van der Waals surface area contributed by atoms with E-state index in [9.17, 15) is 9.59 Å². The van der Waals surface area contributed by atoms with Gasteiger partial charge in [0.15, 0.2) is 0 Å². The number of carbonyl (C=O) groups excluding carboxylic acids is 1. The normalized spacial score (nSPS) is 10.5. The molecule has 0 aliphatic heterocycles. The molecule has 2 N–H and O–H groups in total. The summed E-state index contributed by atoms with van der Waals surface area (Å²) >= 11 is 1.55. The molecule has 7 heteroatoms. The quantitative estimate of drug-likeness (QED) is 0.906. The molecule has 1 amide bonds. The van der Waals surface area contributed by atoms with Crippen molar-refractivity contribution in [3.05, 3.63) is 44.8 Å². The molecule has 2 aromatic heterocycles. The number of nitrogens with two attached hydrogens (primary N) is 1. The van der Waals surface area contributed by atoms with Crippen LogP contribution in [0.2, 0.25) is 0 Å². The number of hydrogen-bond donors (Lipinski definition) is 1. The zero-order valence-corrected chi connectivity index (χ0v) is 12.2. The lowest BCUT2D eigenvalue weighted by atomic mass is 10.4. The molecule has 0 aliphatic rings. The third kappa shape index (κ3) is 3.45. The summed E-state index contributed by atoms with van der Waals surface area (Å²) in [6, 6.07) is 2.88. The van der Waals surface area contributed by atoms with Gasteiger partial charge in [0.25, 0.3) is 5.56 Å². The minimum Gasteiger partial charge on any atom is -0.398 e. The summed E-state index contributed by atoms with van der Waals surface area (Å²) in [4.78, 5) is 30.4. The summed E-state index contributed by atoms with van der Waals surface area (Å²) in [6.07, 6.45) is 3.24. The highest BCUT2D eigenvalue weighted by atomic mass is 32.1. The molecule has 2 aromatic rings. The van der Waals surface area contributed by atoms with E-state index >= 15 is 0 Å². The Morgan fingerprint density at radius 1 is 1.50 bits per heavy atom. The Balaban J connectivity index is 2.04. The van der Waals surface area contributed by atoms with Gasteiger partial charge >= 0.3 is 0 Å². The van der Waals surface area contributed by atoms with Gasteiger partial charge in [-0.1, -0.05) is 0 Å². The van der Waals surface area contributed by atoms with Crippen LogP contribution < -0.4 is 11.3 Å². The van der Waals surface area contributed by atoms with Gasteiger partial charge in [-0.2, -0.15) is 0 Å². The number of aryl methyl sites for hydroxylation is 1. The first-order valence-corrected chi connectivity index (χ1v) is 6.88. The van der Waals surface area contributed by atoms with E-state index in [4.69, 9.17) is 5.73 Å². The summed E-state index contributed by atoms with van der Waals surface area (Å²) in [5.41, 5.74) is 5.83. The lowest BCUT2D eigenvalue weighted by molar-refractivity contribution is -0.131. The van der Waals surface area contributed by atoms with Crippen LogP contribution in [0.3, 0.4) is 0 Å². The van der Waals surface area contributed by atoms with Crippen LogP contribution in [0.15, 0.2) is 29.3 Å². The maximum atomic E-state index is 12.1. The first-order valence-electron chi connectivity index (χ1n) is 6.07. The Labute approximate surface area is 120 Å². The van der Waals surface area contributed by atoms with Gasteiger partial charge in [-0.3, -0.25) is 9.59 Å². The second kappa shape index (κ2) is 5.87. The van der Waals surface area contributed by atoms with E-state index in [1.54, 1.807) is 29.5 Å². The van der Waals surface area contributed by atoms with Crippen molar-refractivity contribution in [3.63, 3.8) is 0 Å². The highest BCUT2D eigenvalue weighted by Crippen LogP contribution is 2.13. The fraction of sp³-hybridized carbons (Fsp3) is 0.308. The minimum atomic E-state index is -0.241. The molecular weight excluding hydrogens is 276 g/mol. The molecule has 2 rings (SSSR count).